The molecule has 3 heteroatoms. The van der Waals surface area contributed by atoms with Crippen LogP contribution in [0.2, 0.25) is 0 Å². The molecule has 114 valence electrons. The Kier molecular flexibility index (Phi) is 5.71. The second kappa shape index (κ2) is 7.53. The molecule has 1 N–H and O–H groups in total. The van der Waals surface area contributed by atoms with Gasteiger partial charge in [-0.15, -0.1) is 0 Å². The molecule has 0 bridgehead atoms. The third-order valence-electron chi connectivity index (χ3n) is 3.86. The van der Waals surface area contributed by atoms with Gasteiger partial charge >= 0.3 is 0 Å². The summed E-state index contributed by atoms with van der Waals surface area (Å²) < 4.78 is 5.75. The van der Waals surface area contributed by atoms with Gasteiger partial charge in [0.2, 0.25) is 0 Å². The fourth-order valence-corrected chi connectivity index (χ4v) is 2.79. The van der Waals surface area contributed by atoms with E-state index in [1.807, 2.05) is 12.3 Å². The average Bonchev–Trinajstić information content (AvgIpc) is 2.50. The number of ether oxygens (including phenoxy) is 1. The number of nitrogens with one attached hydrogen (secondary N) is 1. The lowest BCUT2D eigenvalue weighted by Gasteiger charge is -2.30. The maximum atomic E-state index is 5.75. The minimum atomic E-state index is 0.151. The molecule has 0 aliphatic carbocycles. The van der Waals surface area contributed by atoms with Crippen LogP contribution in [0.4, 0.5) is 0 Å². The molecule has 0 saturated carbocycles. The Morgan fingerprint density at radius 1 is 1.24 bits per heavy atom. The molecule has 0 aliphatic heterocycles. The lowest BCUT2D eigenvalue weighted by atomic mass is 9.92. The zero-order valence-electron chi connectivity index (χ0n) is 13.5. The van der Waals surface area contributed by atoms with Gasteiger partial charge in [0.15, 0.2) is 0 Å². The number of aromatic nitrogens is 1. The fraction of sp³-hybridized carbons (Fsp3) is 0.500. The Labute approximate surface area is 127 Å². The average molecular weight is 286 g/mol. The molecule has 2 aromatic rings. The Morgan fingerprint density at radius 3 is 2.71 bits per heavy atom. The molecule has 0 spiro atoms. The second-order valence-corrected chi connectivity index (χ2v) is 5.83. The van der Waals surface area contributed by atoms with Crippen molar-refractivity contribution in [2.75, 3.05) is 13.7 Å². The van der Waals surface area contributed by atoms with Crippen LogP contribution in [0, 0.1) is 5.92 Å². The number of hydrogen-bond acceptors (Lipinski definition) is 3. The highest BCUT2D eigenvalue weighted by Crippen LogP contribution is 2.26. The lowest BCUT2D eigenvalue weighted by Crippen LogP contribution is -2.37. The van der Waals surface area contributed by atoms with Crippen LogP contribution >= 0.6 is 0 Å². The van der Waals surface area contributed by atoms with Gasteiger partial charge in [-0.3, -0.25) is 4.98 Å². The van der Waals surface area contributed by atoms with Gasteiger partial charge in [0.05, 0.1) is 17.7 Å². The van der Waals surface area contributed by atoms with E-state index < -0.39 is 0 Å². The molecule has 0 radical (unpaired) electrons. The van der Waals surface area contributed by atoms with Crippen LogP contribution in [0.25, 0.3) is 10.9 Å². The largest absolute Gasteiger partial charge is 0.379 e. The van der Waals surface area contributed by atoms with Crippen molar-refractivity contribution in [3.63, 3.8) is 0 Å². The zero-order chi connectivity index (χ0) is 15.2. The third-order valence-corrected chi connectivity index (χ3v) is 3.86. The topological polar surface area (TPSA) is 34.2 Å². The Morgan fingerprint density at radius 2 is 2.05 bits per heavy atom. The minimum Gasteiger partial charge on any atom is -0.379 e. The molecule has 0 amide bonds. The summed E-state index contributed by atoms with van der Waals surface area (Å²) in [6.07, 6.45) is 3.10. The zero-order valence-corrected chi connectivity index (χ0v) is 13.5. The van der Waals surface area contributed by atoms with Gasteiger partial charge in [0, 0.05) is 18.7 Å². The molecule has 3 nitrogen and oxygen atoms in total. The quantitative estimate of drug-likeness (QED) is 0.837. The number of hydrogen-bond donors (Lipinski definition) is 1. The minimum absolute atomic E-state index is 0.151. The highest BCUT2D eigenvalue weighted by molar-refractivity contribution is 5.79. The van der Waals surface area contributed by atoms with Crippen molar-refractivity contribution >= 4 is 10.9 Å². The van der Waals surface area contributed by atoms with Gasteiger partial charge in [-0.05, 0) is 36.6 Å². The smallest absolute Gasteiger partial charge is 0.0788 e. The summed E-state index contributed by atoms with van der Waals surface area (Å²) in [5.41, 5.74) is 2.28. The molecule has 0 aliphatic rings. The van der Waals surface area contributed by atoms with E-state index in [1.54, 1.807) is 7.11 Å². The van der Waals surface area contributed by atoms with E-state index in [1.165, 1.54) is 10.9 Å². The normalized spacial score (nSPS) is 14.5. The Bertz CT molecular complexity index is 568. The molecule has 2 rings (SSSR count). The number of rotatable bonds is 7. The van der Waals surface area contributed by atoms with E-state index in [9.17, 15) is 0 Å². The fourth-order valence-electron chi connectivity index (χ4n) is 2.79. The molecule has 1 aromatic carbocycles. The van der Waals surface area contributed by atoms with E-state index in [0.29, 0.717) is 5.92 Å². The van der Waals surface area contributed by atoms with Crippen molar-refractivity contribution in [2.45, 2.75) is 39.3 Å². The van der Waals surface area contributed by atoms with E-state index in [4.69, 9.17) is 4.74 Å². The summed E-state index contributed by atoms with van der Waals surface area (Å²) in [6, 6.07) is 10.8. The first-order chi connectivity index (χ1) is 10.2. The number of methoxy groups -OCH3 is 1. The van der Waals surface area contributed by atoms with Crippen molar-refractivity contribution < 1.29 is 4.74 Å². The van der Waals surface area contributed by atoms with Crippen molar-refractivity contribution in [3.8, 4) is 0 Å². The summed E-state index contributed by atoms with van der Waals surface area (Å²) in [4.78, 5) is 4.47. The summed E-state index contributed by atoms with van der Waals surface area (Å²) in [5, 5.41) is 4.80. The molecule has 2 atom stereocenters. The van der Waals surface area contributed by atoms with Gasteiger partial charge in [-0.1, -0.05) is 39.0 Å². The van der Waals surface area contributed by atoms with Crippen molar-refractivity contribution in [1.82, 2.24) is 10.3 Å². The summed E-state index contributed by atoms with van der Waals surface area (Å²) >= 11 is 0. The van der Waals surface area contributed by atoms with Crippen molar-refractivity contribution in [3.05, 3.63) is 42.1 Å². The van der Waals surface area contributed by atoms with Crippen LogP contribution in [-0.2, 0) is 4.74 Å². The first-order valence-electron chi connectivity index (χ1n) is 7.78. The van der Waals surface area contributed by atoms with Gasteiger partial charge < -0.3 is 10.1 Å². The molecule has 1 aromatic heterocycles. The number of nitrogens with zero attached hydrogens (tertiary/aromatic N) is 1. The highest BCUT2D eigenvalue weighted by Gasteiger charge is 2.25. The number of fused-ring (bicyclic) bond motifs is 1. The van der Waals surface area contributed by atoms with Crippen LogP contribution in [-0.4, -0.2) is 24.7 Å². The van der Waals surface area contributed by atoms with E-state index in [2.05, 4.69) is 55.3 Å². The van der Waals surface area contributed by atoms with E-state index in [0.717, 1.165) is 18.5 Å². The van der Waals surface area contributed by atoms with E-state index in [-0.39, 0.29) is 12.1 Å². The van der Waals surface area contributed by atoms with Gasteiger partial charge in [-0.2, -0.15) is 0 Å². The first-order valence-corrected chi connectivity index (χ1v) is 7.78. The van der Waals surface area contributed by atoms with Crippen molar-refractivity contribution in [1.29, 1.82) is 0 Å². The number of benzene rings is 1. The standard InChI is InChI=1S/C18H26N2O/c1-5-10-20-17(18(21-4)13(2)3)15-9-8-14-7-6-11-19-16(14)12-15/h6-9,11-13,17-18,20H,5,10H2,1-4H3. The Balaban J connectivity index is 2.36. The molecule has 21 heavy (non-hydrogen) atoms. The van der Waals surface area contributed by atoms with Gasteiger partial charge in [0.25, 0.3) is 0 Å². The van der Waals surface area contributed by atoms with Crippen LogP contribution in [0.3, 0.4) is 0 Å². The summed E-state index contributed by atoms with van der Waals surface area (Å²) in [6.45, 7) is 7.57. The van der Waals surface area contributed by atoms with E-state index >= 15 is 0 Å². The Hall–Kier alpha value is -1.45. The summed E-state index contributed by atoms with van der Waals surface area (Å²) in [5.74, 6) is 0.448. The van der Waals surface area contributed by atoms with Gasteiger partial charge in [0.1, 0.15) is 0 Å². The molecule has 1 heterocycles. The molecule has 2 unspecified atom stereocenters. The monoisotopic (exact) mass is 286 g/mol. The van der Waals surface area contributed by atoms with Crippen LogP contribution in [0.5, 0.6) is 0 Å². The second-order valence-electron chi connectivity index (χ2n) is 5.83. The molecule has 0 fully saturated rings. The predicted octanol–water partition coefficient (Wildman–Crippen LogP) is 3.95. The lowest BCUT2D eigenvalue weighted by molar-refractivity contribution is 0.0327. The van der Waals surface area contributed by atoms with Crippen LogP contribution in [0.1, 0.15) is 38.8 Å². The molecule has 0 saturated heterocycles. The number of pyridine rings is 1. The van der Waals surface area contributed by atoms with Gasteiger partial charge in [-0.25, -0.2) is 0 Å². The van der Waals surface area contributed by atoms with Crippen LogP contribution in [0.15, 0.2) is 36.5 Å². The highest BCUT2D eigenvalue weighted by atomic mass is 16.5. The van der Waals surface area contributed by atoms with Crippen molar-refractivity contribution in [2.24, 2.45) is 5.92 Å². The molecular weight excluding hydrogens is 260 g/mol. The third kappa shape index (κ3) is 3.80. The SMILES string of the molecule is CCCNC(c1ccc2cccnc2c1)C(OC)C(C)C. The predicted molar refractivity (Wildman–Crippen MR) is 88.4 cm³/mol. The first kappa shape index (κ1) is 15.9. The molecular formula is C18H26N2O. The maximum Gasteiger partial charge on any atom is 0.0788 e. The summed E-state index contributed by atoms with van der Waals surface area (Å²) in [7, 11) is 1.80. The van der Waals surface area contributed by atoms with Crippen LogP contribution < -0.4 is 5.32 Å². The maximum absolute atomic E-state index is 5.75.